The highest BCUT2D eigenvalue weighted by Gasteiger charge is 2.17. The topological polar surface area (TPSA) is 40.5 Å². The molecule has 0 bridgehead atoms. The second-order valence-electron chi connectivity index (χ2n) is 2.76. The Morgan fingerprint density at radius 3 is 1.80 bits per heavy atom. The van der Waals surface area contributed by atoms with Gasteiger partial charge in [0.1, 0.15) is 0 Å². The molecule has 0 radical (unpaired) electrons. The molecule has 62 valence electrons. The van der Waals surface area contributed by atoms with Gasteiger partial charge in [-0.3, -0.25) is 0 Å². The van der Waals surface area contributed by atoms with Crippen molar-refractivity contribution in [1.82, 2.24) is 0 Å². The van der Waals surface area contributed by atoms with E-state index in [1.165, 1.54) is 10.8 Å². The van der Waals surface area contributed by atoms with E-state index in [9.17, 15) is 0 Å². The first-order valence-electron chi connectivity index (χ1n) is 2.64. The minimum atomic E-state index is -3.05. The Hall–Kier alpha value is 1.27. The van der Waals surface area contributed by atoms with Gasteiger partial charge < -0.3 is 9.79 Å². The maximum absolute atomic E-state index is 8.80. The molecule has 0 saturated carbocycles. The van der Waals surface area contributed by atoms with Crippen molar-refractivity contribution in [2.75, 3.05) is 0 Å². The molecule has 0 aliphatic heterocycles. The second kappa shape index (κ2) is 3.78. The maximum atomic E-state index is 8.80. The lowest BCUT2D eigenvalue weighted by molar-refractivity contribution is 0.502. The lowest BCUT2D eigenvalue weighted by Crippen LogP contribution is -2.04. The molecule has 0 unspecified atom stereocenters. The lowest BCUT2D eigenvalue weighted by atomic mass is 10.3. The van der Waals surface area contributed by atoms with Gasteiger partial charge in [0, 0.05) is 4.75 Å². The number of rotatable bonds is 2. The van der Waals surface area contributed by atoms with Crippen LogP contribution in [0.2, 0.25) is 0 Å². The first kappa shape index (κ1) is 11.3. The van der Waals surface area contributed by atoms with Crippen molar-refractivity contribution in [3.05, 3.63) is 0 Å². The van der Waals surface area contributed by atoms with Crippen LogP contribution in [0.4, 0.5) is 0 Å². The average Bonchev–Trinajstić information content (AvgIpc) is 1.57. The van der Waals surface area contributed by atoms with Crippen molar-refractivity contribution in [3.8, 4) is 0 Å². The predicted octanol–water partition coefficient (Wildman–Crippen LogP) is 2.38. The molecule has 0 fully saturated rings. The van der Waals surface area contributed by atoms with Crippen LogP contribution in [0.25, 0.3) is 0 Å². The maximum Gasteiger partial charge on any atom is 0.252 e. The van der Waals surface area contributed by atoms with Crippen LogP contribution >= 0.6 is 26.9 Å². The molecule has 0 amide bonds. The van der Waals surface area contributed by atoms with Crippen LogP contribution in [0.1, 0.15) is 20.8 Å². The Kier molecular flexibility index (Phi) is 4.27. The quantitative estimate of drug-likeness (QED) is 0.550. The van der Waals surface area contributed by atoms with Crippen LogP contribution in [-0.2, 0) is 11.8 Å². The van der Waals surface area contributed by atoms with Gasteiger partial charge in [-0.1, -0.05) is 31.6 Å². The summed E-state index contributed by atoms with van der Waals surface area (Å²) in [6, 6.07) is 0. The molecule has 0 aromatic carbocycles. The number of hydrogen-bond donors (Lipinski definition) is 2. The molecule has 6 heteroatoms. The smallest absolute Gasteiger partial charge is 0.252 e. The molecule has 0 aliphatic rings. The minimum Gasteiger partial charge on any atom is -0.337 e. The van der Waals surface area contributed by atoms with Crippen LogP contribution < -0.4 is 0 Å². The molecular formula is C4H11O2PS3. The fourth-order valence-corrected chi connectivity index (χ4v) is 5.15. The highest BCUT2D eigenvalue weighted by atomic mass is 33.4. The molecular weight excluding hydrogens is 207 g/mol. The van der Waals surface area contributed by atoms with Gasteiger partial charge in [0.2, 0.25) is 0 Å². The van der Waals surface area contributed by atoms with E-state index in [4.69, 9.17) is 9.79 Å². The van der Waals surface area contributed by atoms with Gasteiger partial charge in [0.05, 0.1) is 0 Å². The summed E-state index contributed by atoms with van der Waals surface area (Å²) >= 11 is 4.42. The van der Waals surface area contributed by atoms with Crippen LogP contribution in [0.3, 0.4) is 0 Å². The summed E-state index contributed by atoms with van der Waals surface area (Å²) in [6.45, 7) is 5.99. The zero-order chi connectivity index (χ0) is 8.41. The van der Waals surface area contributed by atoms with Gasteiger partial charge in [-0.2, -0.15) is 0 Å². The van der Waals surface area contributed by atoms with E-state index < -0.39 is 5.69 Å². The summed E-state index contributed by atoms with van der Waals surface area (Å²) in [5.74, 6) is 0. The van der Waals surface area contributed by atoms with E-state index in [1.54, 1.807) is 0 Å². The molecule has 0 spiro atoms. The van der Waals surface area contributed by atoms with Crippen LogP contribution in [0.15, 0.2) is 0 Å². The third kappa shape index (κ3) is 9.27. The van der Waals surface area contributed by atoms with E-state index in [-0.39, 0.29) is 4.75 Å². The van der Waals surface area contributed by atoms with Gasteiger partial charge >= 0.3 is 0 Å². The van der Waals surface area contributed by atoms with Crippen molar-refractivity contribution in [3.63, 3.8) is 0 Å². The monoisotopic (exact) mass is 218 g/mol. The third-order valence-electron chi connectivity index (χ3n) is 0.384. The van der Waals surface area contributed by atoms with E-state index in [2.05, 4.69) is 11.8 Å². The highest BCUT2D eigenvalue weighted by Crippen LogP contribution is 2.60. The second-order valence-corrected chi connectivity index (χ2v) is 11.3. The Morgan fingerprint density at radius 1 is 1.30 bits per heavy atom. The molecule has 0 atom stereocenters. The van der Waals surface area contributed by atoms with E-state index in [1.807, 2.05) is 20.8 Å². The molecule has 0 aromatic rings. The van der Waals surface area contributed by atoms with Gasteiger partial charge in [-0.05, 0) is 22.2 Å². The predicted molar refractivity (Wildman–Crippen MR) is 53.7 cm³/mol. The van der Waals surface area contributed by atoms with Crippen LogP contribution in [0.5, 0.6) is 0 Å². The highest BCUT2D eigenvalue weighted by molar-refractivity contribution is 9.03. The summed E-state index contributed by atoms with van der Waals surface area (Å²) < 4.78 is 0.0280. The summed E-state index contributed by atoms with van der Waals surface area (Å²) in [6.07, 6.45) is 0. The van der Waals surface area contributed by atoms with Gasteiger partial charge in [0.15, 0.2) is 0 Å². The van der Waals surface area contributed by atoms with E-state index >= 15 is 0 Å². The van der Waals surface area contributed by atoms with Gasteiger partial charge in [-0.25, -0.2) is 0 Å². The SMILES string of the molecule is CC(C)(C)SSP(O)(O)=S. The first-order valence-corrected chi connectivity index (χ1v) is 8.10. The lowest BCUT2D eigenvalue weighted by Gasteiger charge is -2.17. The Balaban J connectivity index is 3.67. The standard InChI is InChI=1S/C4H11O2PS3/c1-4(2,3)9-10-7(5,6)8/h1-3H3,(H2,5,6,8). The van der Waals surface area contributed by atoms with Crippen molar-refractivity contribution in [1.29, 1.82) is 0 Å². The third-order valence-corrected chi connectivity index (χ3v) is 7.52. The zero-order valence-corrected chi connectivity index (χ0v) is 9.41. The molecule has 0 saturated heterocycles. The van der Waals surface area contributed by atoms with Crippen molar-refractivity contribution in [2.24, 2.45) is 0 Å². The number of hydrogen-bond acceptors (Lipinski definition) is 3. The molecule has 0 aromatic heterocycles. The fraction of sp³-hybridized carbons (Fsp3) is 1.00. The van der Waals surface area contributed by atoms with Crippen molar-refractivity contribution >= 4 is 38.7 Å². The fourth-order valence-electron chi connectivity index (χ4n) is 0.160. The van der Waals surface area contributed by atoms with Crippen molar-refractivity contribution < 1.29 is 9.79 Å². The van der Waals surface area contributed by atoms with Crippen LogP contribution in [0, 0.1) is 0 Å². The summed E-state index contributed by atoms with van der Waals surface area (Å²) in [5, 5.41) is 0. The summed E-state index contributed by atoms with van der Waals surface area (Å²) in [5.41, 5.74) is -3.05. The molecule has 2 nitrogen and oxygen atoms in total. The van der Waals surface area contributed by atoms with Gasteiger partial charge in [-0.15, -0.1) is 0 Å². The Morgan fingerprint density at radius 2 is 1.70 bits per heavy atom. The van der Waals surface area contributed by atoms with Crippen molar-refractivity contribution in [2.45, 2.75) is 25.5 Å². The molecule has 0 heterocycles. The molecule has 10 heavy (non-hydrogen) atoms. The molecule has 2 N–H and O–H groups in total. The van der Waals surface area contributed by atoms with Crippen LogP contribution in [-0.4, -0.2) is 14.5 Å². The minimum absolute atomic E-state index is 0.0280. The summed E-state index contributed by atoms with van der Waals surface area (Å²) in [4.78, 5) is 17.6. The zero-order valence-electron chi connectivity index (χ0n) is 6.07. The molecule has 0 aliphatic carbocycles. The van der Waals surface area contributed by atoms with E-state index in [0.29, 0.717) is 0 Å². The Labute approximate surface area is 74.1 Å². The Bertz CT molecular complexity index is 147. The average molecular weight is 218 g/mol. The largest absolute Gasteiger partial charge is 0.337 e. The first-order chi connectivity index (χ1) is 4.21. The van der Waals surface area contributed by atoms with E-state index in [0.717, 1.165) is 10.4 Å². The normalized spacial score (nSPS) is 13.7. The molecule has 0 rings (SSSR count). The van der Waals surface area contributed by atoms with Gasteiger partial charge in [0.25, 0.3) is 5.69 Å². The summed E-state index contributed by atoms with van der Waals surface area (Å²) in [7, 11) is 2.40.